The van der Waals surface area contributed by atoms with Gasteiger partial charge in [0.1, 0.15) is 0 Å². The van der Waals surface area contributed by atoms with Gasteiger partial charge in [-0.15, -0.1) is 0 Å². The van der Waals surface area contributed by atoms with E-state index >= 15 is 0 Å². The Morgan fingerprint density at radius 1 is 1.35 bits per heavy atom. The summed E-state index contributed by atoms with van der Waals surface area (Å²) in [5, 5.41) is 6.48. The standard InChI is InChI=1S/C14H18BrN3O2/c1-2-3-9-17-18-13(19)8-10-16-14(20)11-6-4-5-7-12(11)15/h4-7,9H,2-3,8,10H2,1H3,(H,16,20)(H,18,19). The molecule has 20 heavy (non-hydrogen) atoms. The van der Waals surface area contributed by atoms with E-state index in [2.05, 4.69) is 31.8 Å². The summed E-state index contributed by atoms with van der Waals surface area (Å²) in [6.45, 7) is 2.31. The number of hydrogen-bond donors (Lipinski definition) is 2. The molecule has 0 heterocycles. The molecular weight excluding hydrogens is 322 g/mol. The summed E-state index contributed by atoms with van der Waals surface area (Å²) in [5.74, 6) is -0.426. The van der Waals surface area contributed by atoms with Gasteiger partial charge in [0, 0.05) is 23.7 Å². The van der Waals surface area contributed by atoms with Gasteiger partial charge in [-0.05, 0) is 34.5 Å². The van der Waals surface area contributed by atoms with Crippen LogP contribution in [0.3, 0.4) is 0 Å². The molecule has 0 aliphatic heterocycles. The second-order valence-electron chi connectivity index (χ2n) is 4.12. The maximum absolute atomic E-state index is 11.8. The number of amides is 2. The van der Waals surface area contributed by atoms with Crippen LogP contribution in [0.15, 0.2) is 33.8 Å². The van der Waals surface area contributed by atoms with Crippen LogP contribution in [0.2, 0.25) is 0 Å². The Labute approximate surface area is 127 Å². The number of benzene rings is 1. The molecular formula is C14H18BrN3O2. The molecule has 0 spiro atoms. The van der Waals surface area contributed by atoms with Crippen molar-refractivity contribution in [2.45, 2.75) is 26.2 Å². The van der Waals surface area contributed by atoms with Gasteiger partial charge in [-0.25, -0.2) is 5.43 Å². The number of hydrogen-bond acceptors (Lipinski definition) is 3. The van der Waals surface area contributed by atoms with Gasteiger partial charge in [0.2, 0.25) is 5.91 Å². The molecule has 6 heteroatoms. The van der Waals surface area contributed by atoms with Gasteiger partial charge in [0.25, 0.3) is 5.91 Å². The van der Waals surface area contributed by atoms with Crippen LogP contribution in [0, 0.1) is 0 Å². The monoisotopic (exact) mass is 339 g/mol. The number of unbranched alkanes of at least 4 members (excludes halogenated alkanes) is 1. The molecule has 0 unspecified atom stereocenters. The molecule has 0 radical (unpaired) electrons. The second-order valence-corrected chi connectivity index (χ2v) is 4.98. The zero-order chi connectivity index (χ0) is 14.8. The van der Waals surface area contributed by atoms with Crippen LogP contribution < -0.4 is 10.7 Å². The number of hydrazone groups is 1. The van der Waals surface area contributed by atoms with Gasteiger partial charge in [-0.3, -0.25) is 9.59 Å². The SMILES string of the molecule is CCCC=NNC(=O)CCNC(=O)c1ccccc1Br. The van der Waals surface area contributed by atoms with Gasteiger partial charge in [-0.1, -0.05) is 25.5 Å². The summed E-state index contributed by atoms with van der Waals surface area (Å²) in [4.78, 5) is 23.2. The number of halogens is 1. The minimum Gasteiger partial charge on any atom is -0.351 e. The van der Waals surface area contributed by atoms with E-state index in [0.29, 0.717) is 5.56 Å². The van der Waals surface area contributed by atoms with E-state index in [9.17, 15) is 9.59 Å². The van der Waals surface area contributed by atoms with Gasteiger partial charge >= 0.3 is 0 Å². The molecule has 0 aliphatic carbocycles. The highest BCUT2D eigenvalue weighted by atomic mass is 79.9. The Kier molecular flexibility index (Phi) is 7.57. The Morgan fingerprint density at radius 3 is 2.80 bits per heavy atom. The zero-order valence-corrected chi connectivity index (χ0v) is 12.9. The Bertz CT molecular complexity index is 489. The summed E-state index contributed by atoms with van der Waals surface area (Å²) < 4.78 is 0.728. The van der Waals surface area contributed by atoms with Crippen LogP contribution in [-0.4, -0.2) is 24.6 Å². The number of carbonyl (C=O) groups is 2. The molecule has 1 aromatic rings. The summed E-state index contributed by atoms with van der Waals surface area (Å²) in [6.07, 6.45) is 3.68. The van der Waals surface area contributed by atoms with Crippen molar-refractivity contribution >= 4 is 34.0 Å². The summed E-state index contributed by atoms with van der Waals surface area (Å²) >= 11 is 3.31. The van der Waals surface area contributed by atoms with Gasteiger partial charge in [0.05, 0.1) is 5.56 Å². The van der Waals surface area contributed by atoms with Crippen molar-refractivity contribution in [2.75, 3.05) is 6.54 Å². The molecule has 0 fully saturated rings. The van der Waals surface area contributed by atoms with Crippen molar-refractivity contribution in [3.63, 3.8) is 0 Å². The van der Waals surface area contributed by atoms with Crippen LogP contribution in [0.1, 0.15) is 36.5 Å². The molecule has 0 saturated carbocycles. The first-order valence-electron chi connectivity index (χ1n) is 6.48. The summed E-state index contributed by atoms with van der Waals surface area (Å²) in [6, 6.07) is 7.13. The lowest BCUT2D eigenvalue weighted by atomic mass is 10.2. The zero-order valence-electron chi connectivity index (χ0n) is 11.4. The van der Waals surface area contributed by atoms with Crippen LogP contribution >= 0.6 is 15.9 Å². The Balaban J connectivity index is 2.29. The molecule has 2 N–H and O–H groups in total. The second kappa shape index (κ2) is 9.25. The number of carbonyl (C=O) groups excluding carboxylic acids is 2. The fourth-order valence-electron chi connectivity index (χ4n) is 1.40. The van der Waals surface area contributed by atoms with Crippen LogP contribution in [0.25, 0.3) is 0 Å². The van der Waals surface area contributed by atoms with E-state index in [1.165, 1.54) is 0 Å². The van der Waals surface area contributed by atoms with Crippen molar-refractivity contribution in [1.29, 1.82) is 0 Å². The van der Waals surface area contributed by atoms with Crippen LogP contribution in [0.4, 0.5) is 0 Å². The van der Waals surface area contributed by atoms with E-state index in [4.69, 9.17) is 0 Å². The topological polar surface area (TPSA) is 70.6 Å². The van der Waals surface area contributed by atoms with Crippen molar-refractivity contribution in [3.05, 3.63) is 34.3 Å². The number of nitrogens with one attached hydrogen (secondary N) is 2. The third kappa shape index (κ3) is 5.97. The average molecular weight is 340 g/mol. The molecule has 5 nitrogen and oxygen atoms in total. The van der Waals surface area contributed by atoms with Crippen molar-refractivity contribution < 1.29 is 9.59 Å². The van der Waals surface area contributed by atoms with E-state index < -0.39 is 0 Å². The number of rotatable bonds is 7. The van der Waals surface area contributed by atoms with Gasteiger partial charge < -0.3 is 5.32 Å². The average Bonchev–Trinajstić information content (AvgIpc) is 2.44. The molecule has 2 amide bonds. The minimum atomic E-state index is -0.218. The third-order valence-corrected chi connectivity index (χ3v) is 3.15. The van der Waals surface area contributed by atoms with Crippen LogP contribution in [0.5, 0.6) is 0 Å². The lowest BCUT2D eigenvalue weighted by Gasteiger charge is -2.06. The Hall–Kier alpha value is -1.69. The molecule has 0 atom stereocenters. The molecule has 0 aliphatic rings. The van der Waals surface area contributed by atoms with E-state index in [1.54, 1.807) is 24.4 Å². The highest BCUT2D eigenvalue weighted by Gasteiger charge is 2.09. The normalized spacial score (nSPS) is 10.5. The lowest BCUT2D eigenvalue weighted by molar-refractivity contribution is -0.120. The third-order valence-electron chi connectivity index (χ3n) is 2.45. The Morgan fingerprint density at radius 2 is 2.10 bits per heavy atom. The summed E-state index contributed by atoms with van der Waals surface area (Å²) in [7, 11) is 0. The van der Waals surface area contributed by atoms with Gasteiger partial charge in [-0.2, -0.15) is 5.10 Å². The summed E-state index contributed by atoms with van der Waals surface area (Å²) in [5.41, 5.74) is 2.96. The largest absolute Gasteiger partial charge is 0.351 e. The van der Waals surface area contributed by atoms with E-state index in [1.807, 2.05) is 13.0 Å². The first-order valence-corrected chi connectivity index (χ1v) is 7.27. The first-order chi connectivity index (χ1) is 9.65. The fourth-order valence-corrected chi connectivity index (χ4v) is 1.86. The fraction of sp³-hybridized carbons (Fsp3) is 0.357. The molecule has 0 bridgehead atoms. The number of nitrogens with zero attached hydrogens (tertiary/aromatic N) is 1. The molecule has 0 aromatic heterocycles. The maximum atomic E-state index is 11.8. The van der Waals surface area contributed by atoms with Crippen molar-refractivity contribution in [3.8, 4) is 0 Å². The molecule has 1 rings (SSSR count). The quantitative estimate of drug-likeness (QED) is 0.591. The van der Waals surface area contributed by atoms with E-state index in [0.717, 1.165) is 17.3 Å². The predicted octanol–water partition coefficient (Wildman–Crippen LogP) is 2.47. The van der Waals surface area contributed by atoms with Gasteiger partial charge in [0.15, 0.2) is 0 Å². The lowest BCUT2D eigenvalue weighted by Crippen LogP contribution is -2.29. The highest BCUT2D eigenvalue weighted by molar-refractivity contribution is 9.10. The molecule has 1 aromatic carbocycles. The van der Waals surface area contributed by atoms with Crippen molar-refractivity contribution in [1.82, 2.24) is 10.7 Å². The molecule has 0 saturated heterocycles. The predicted molar refractivity (Wildman–Crippen MR) is 82.6 cm³/mol. The van der Waals surface area contributed by atoms with Crippen molar-refractivity contribution in [2.24, 2.45) is 5.10 Å². The van der Waals surface area contributed by atoms with Crippen LogP contribution in [-0.2, 0) is 4.79 Å². The smallest absolute Gasteiger partial charge is 0.252 e. The minimum absolute atomic E-state index is 0.194. The van der Waals surface area contributed by atoms with E-state index in [-0.39, 0.29) is 24.8 Å². The molecule has 108 valence electrons. The maximum Gasteiger partial charge on any atom is 0.252 e. The first kappa shape index (κ1) is 16.4. The highest BCUT2D eigenvalue weighted by Crippen LogP contribution is 2.15.